The molecule has 2 rings (SSSR count). The summed E-state index contributed by atoms with van der Waals surface area (Å²) in [4.78, 5) is 0. The number of rotatable bonds is 4. The fraction of sp³-hybridized carbons (Fsp3) is 0.200. The van der Waals surface area contributed by atoms with E-state index in [-0.39, 0.29) is 6.04 Å². The van der Waals surface area contributed by atoms with Crippen LogP contribution in [0, 0.1) is 6.92 Å². The van der Waals surface area contributed by atoms with Crippen molar-refractivity contribution < 1.29 is 4.74 Å². The third-order valence-corrected chi connectivity index (χ3v) is 3.63. The zero-order valence-electron chi connectivity index (χ0n) is 11.0. The Bertz CT molecular complexity index is 572. The van der Waals surface area contributed by atoms with Crippen LogP contribution in [-0.2, 0) is 0 Å². The number of nitrogens with one attached hydrogen (secondary N) is 1. The summed E-state index contributed by atoms with van der Waals surface area (Å²) >= 11 is 3.48. The average molecular weight is 321 g/mol. The maximum atomic E-state index is 5.73. The van der Waals surface area contributed by atoms with Crippen LogP contribution in [0.5, 0.6) is 5.75 Å². The van der Waals surface area contributed by atoms with Gasteiger partial charge in [0.1, 0.15) is 5.75 Å². The maximum absolute atomic E-state index is 5.73. The second kappa shape index (κ2) is 6.19. The third-order valence-electron chi connectivity index (χ3n) is 3.14. The van der Waals surface area contributed by atoms with Gasteiger partial charge in [-0.1, -0.05) is 34.1 Å². The lowest BCUT2D eigenvalue weighted by molar-refractivity contribution is 0.414. The molecule has 0 saturated heterocycles. The minimum Gasteiger partial charge on any atom is -0.497 e. The molecule has 2 aromatic rings. The number of aryl methyl sites for hydroxylation is 1. The van der Waals surface area contributed by atoms with E-state index in [4.69, 9.17) is 10.6 Å². The number of ether oxygens (including phenoxy) is 1. The first-order valence-corrected chi connectivity index (χ1v) is 6.81. The first kappa shape index (κ1) is 14.1. The number of halogens is 1. The molecule has 0 spiro atoms. The minimum absolute atomic E-state index is 0.0385. The zero-order chi connectivity index (χ0) is 13.8. The molecule has 0 aromatic heterocycles. The topological polar surface area (TPSA) is 47.3 Å². The Morgan fingerprint density at radius 1 is 1.21 bits per heavy atom. The highest BCUT2D eigenvalue weighted by molar-refractivity contribution is 9.10. The molecule has 0 aliphatic carbocycles. The van der Waals surface area contributed by atoms with Gasteiger partial charge in [-0.15, -0.1) is 0 Å². The van der Waals surface area contributed by atoms with Crippen LogP contribution in [-0.4, -0.2) is 7.11 Å². The molecule has 4 heteroatoms. The fourth-order valence-corrected chi connectivity index (χ4v) is 2.57. The van der Waals surface area contributed by atoms with Crippen molar-refractivity contribution in [1.82, 2.24) is 5.43 Å². The van der Waals surface area contributed by atoms with Gasteiger partial charge < -0.3 is 4.74 Å². The highest BCUT2D eigenvalue weighted by Crippen LogP contribution is 2.28. The van der Waals surface area contributed by atoms with Gasteiger partial charge in [0, 0.05) is 4.47 Å². The number of nitrogens with two attached hydrogens (primary N) is 1. The van der Waals surface area contributed by atoms with Crippen LogP contribution in [0.2, 0.25) is 0 Å². The minimum atomic E-state index is -0.0385. The molecule has 1 atom stereocenters. The number of hydrogen-bond donors (Lipinski definition) is 2. The fourth-order valence-electron chi connectivity index (χ4n) is 2.15. The molecule has 0 radical (unpaired) electrons. The quantitative estimate of drug-likeness (QED) is 0.671. The Kier molecular flexibility index (Phi) is 4.58. The van der Waals surface area contributed by atoms with Crippen LogP contribution in [0.4, 0.5) is 0 Å². The molecule has 0 aliphatic heterocycles. The summed E-state index contributed by atoms with van der Waals surface area (Å²) in [5.41, 5.74) is 6.28. The first-order chi connectivity index (χ1) is 9.15. The molecule has 19 heavy (non-hydrogen) atoms. The zero-order valence-corrected chi connectivity index (χ0v) is 12.6. The molecular formula is C15H17BrN2O. The summed E-state index contributed by atoms with van der Waals surface area (Å²) in [6.45, 7) is 2.06. The van der Waals surface area contributed by atoms with Crippen LogP contribution in [0.25, 0.3) is 0 Å². The number of methoxy groups -OCH3 is 1. The van der Waals surface area contributed by atoms with E-state index in [1.165, 1.54) is 0 Å². The lowest BCUT2D eigenvalue weighted by Crippen LogP contribution is -2.29. The van der Waals surface area contributed by atoms with Crippen molar-refractivity contribution in [1.29, 1.82) is 0 Å². The van der Waals surface area contributed by atoms with Crippen LogP contribution in [0.1, 0.15) is 22.7 Å². The van der Waals surface area contributed by atoms with Gasteiger partial charge in [-0.3, -0.25) is 5.84 Å². The smallest absolute Gasteiger partial charge is 0.119 e. The summed E-state index contributed by atoms with van der Waals surface area (Å²) < 4.78 is 6.27. The molecule has 2 aromatic carbocycles. The number of hydrogen-bond acceptors (Lipinski definition) is 3. The van der Waals surface area contributed by atoms with Crippen LogP contribution >= 0.6 is 15.9 Å². The molecule has 100 valence electrons. The molecule has 0 heterocycles. The Hall–Kier alpha value is -1.36. The monoisotopic (exact) mass is 320 g/mol. The summed E-state index contributed by atoms with van der Waals surface area (Å²) in [5.74, 6) is 6.58. The van der Waals surface area contributed by atoms with Gasteiger partial charge in [-0.25, -0.2) is 5.43 Å². The average Bonchev–Trinajstić information content (AvgIpc) is 2.41. The van der Waals surface area contributed by atoms with Gasteiger partial charge in [0.2, 0.25) is 0 Å². The molecule has 0 amide bonds. The van der Waals surface area contributed by atoms with Crippen molar-refractivity contribution in [3.8, 4) is 5.75 Å². The van der Waals surface area contributed by atoms with Crippen LogP contribution < -0.4 is 16.0 Å². The Labute approximate surface area is 121 Å². The molecular weight excluding hydrogens is 304 g/mol. The Morgan fingerprint density at radius 3 is 2.58 bits per heavy atom. The van der Waals surface area contributed by atoms with Crippen LogP contribution in [0.15, 0.2) is 46.9 Å². The summed E-state index contributed by atoms with van der Waals surface area (Å²) in [5, 5.41) is 0. The Balaban J connectivity index is 2.42. The van der Waals surface area contributed by atoms with E-state index in [2.05, 4.69) is 40.4 Å². The largest absolute Gasteiger partial charge is 0.497 e. The predicted octanol–water partition coefficient (Wildman–Crippen LogP) is 3.32. The van der Waals surface area contributed by atoms with Gasteiger partial charge in [-0.05, 0) is 47.9 Å². The second-order valence-electron chi connectivity index (χ2n) is 4.38. The summed E-state index contributed by atoms with van der Waals surface area (Å²) in [6.07, 6.45) is 0. The first-order valence-electron chi connectivity index (χ1n) is 6.02. The van der Waals surface area contributed by atoms with Crippen molar-refractivity contribution >= 4 is 15.9 Å². The SMILES string of the molecule is COc1ccc(C(NN)c2cccc(Br)c2)c(C)c1. The van der Waals surface area contributed by atoms with E-state index in [0.29, 0.717) is 0 Å². The highest BCUT2D eigenvalue weighted by atomic mass is 79.9. The van der Waals surface area contributed by atoms with Gasteiger partial charge in [-0.2, -0.15) is 0 Å². The maximum Gasteiger partial charge on any atom is 0.119 e. The predicted molar refractivity (Wildman–Crippen MR) is 81.0 cm³/mol. The molecule has 3 nitrogen and oxygen atoms in total. The number of benzene rings is 2. The van der Waals surface area contributed by atoms with Crippen molar-refractivity contribution in [2.45, 2.75) is 13.0 Å². The van der Waals surface area contributed by atoms with E-state index >= 15 is 0 Å². The van der Waals surface area contributed by atoms with Crippen molar-refractivity contribution in [3.63, 3.8) is 0 Å². The second-order valence-corrected chi connectivity index (χ2v) is 5.29. The normalized spacial score (nSPS) is 12.2. The Morgan fingerprint density at radius 2 is 2.00 bits per heavy atom. The van der Waals surface area contributed by atoms with Gasteiger partial charge in [0.05, 0.1) is 13.2 Å². The van der Waals surface area contributed by atoms with Gasteiger partial charge in [0.25, 0.3) is 0 Å². The van der Waals surface area contributed by atoms with E-state index < -0.39 is 0 Å². The molecule has 0 aliphatic rings. The van der Waals surface area contributed by atoms with E-state index in [1.807, 2.05) is 30.3 Å². The molecule has 0 fully saturated rings. The van der Waals surface area contributed by atoms with Crippen molar-refractivity contribution in [3.05, 3.63) is 63.6 Å². The summed E-state index contributed by atoms with van der Waals surface area (Å²) in [7, 11) is 1.67. The van der Waals surface area contributed by atoms with E-state index in [1.54, 1.807) is 7.11 Å². The van der Waals surface area contributed by atoms with Gasteiger partial charge in [0.15, 0.2) is 0 Å². The number of hydrazine groups is 1. The highest BCUT2D eigenvalue weighted by Gasteiger charge is 2.15. The van der Waals surface area contributed by atoms with Crippen molar-refractivity contribution in [2.24, 2.45) is 5.84 Å². The van der Waals surface area contributed by atoms with E-state index in [0.717, 1.165) is 26.9 Å². The van der Waals surface area contributed by atoms with Crippen molar-refractivity contribution in [2.75, 3.05) is 7.11 Å². The lowest BCUT2D eigenvalue weighted by Gasteiger charge is -2.20. The molecule has 0 bridgehead atoms. The third kappa shape index (κ3) is 3.15. The molecule has 0 saturated carbocycles. The summed E-state index contributed by atoms with van der Waals surface area (Å²) in [6, 6.07) is 14.1. The molecule has 3 N–H and O–H groups in total. The van der Waals surface area contributed by atoms with E-state index in [9.17, 15) is 0 Å². The van der Waals surface area contributed by atoms with Crippen LogP contribution in [0.3, 0.4) is 0 Å². The lowest BCUT2D eigenvalue weighted by atomic mass is 9.95. The molecule has 1 unspecified atom stereocenters. The standard InChI is InChI=1S/C15H17BrN2O/c1-10-8-13(19-2)6-7-14(10)15(18-17)11-4-3-5-12(16)9-11/h3-9,15,18H,17H2,1-2H3. The van der Waals surface area contributed by atoms with Gasteiger partial charge >= 0.3 is 0 Å².